The summed E-state index contributed by atoms with van der Waals surface area (Å²) in [5, 5.41) is 11.0. The van der Waals surface area contributed by atoms with Crippen molar-refractivity contribution in [2.45, 2.75) is 52.2 Å². The van der Waals surface area contributed by atoms with Crippen LogP contribution in [0.25, 0.3) is 0 Å². The Morgan fingerprint density at radius 1 is 1.14 bits per heavy atom. The molecule has 21 heavy (non-hydrogen) atoms. The molecule has 0 bridgehead atoms. The maximum absolute atomic E-state index is 11.0. The number of hydrogen-bond donors (Lipinski definition) is 2. The molecule has 1 atom stereocenters. The van der Waals surface area contributed by atoms with Crippen LogP contribution in [0.15, 0.2) is 30.3 Å². The molecule has 3 heteroatoms. The Labute approximate surface area is 130 Å². The first-order valence-corrected chi connectivity index (χ1v) is 8.18. The lowest BCUT2D eigenvalue weighted by Gasteiger charge is -2.39. The highest BCUT2D eigenvalue weighted by atomic mass is 16.3. The number of aliphatic hydroxyl groups is 1. The molecule has 0 spiro atoms. The van der Waals surface area contributed by atoms with Crippen LogP contribution in [0.4, 0.5) is 0 Å². The zero-order valence-electron chi connectivity index (χ0n) is 14.0. The van der Waals surface area contributed by atoms with E-state index in [4.69, 9.17) is 5.73 Å². The van der Waals surface area contributed by atoms with E-state index in [1.54, 1.807) is 0 Å². The summed E-state index contributed by atoms with van der Waals surface area (Å²) in [6.07, 6.45) is 2.19. The van der Waals surface area contributed by atoms with Crippen molar-refractivity contribution in [3.8, 4) is 0 Å². The Bertz CT molecular complexity index is 389. The first-order valence-electron chi connectivity index (χ1n) is 8.18. The number of nitrogens with zero attached hydrogens (tertiary/aromatic N) is 1. The van der Waals surface area contributed by atoms with Crippen molar-refractivity contribution < 1.29 is 5.11 Å². The molecule has 0 aliphatic rings. The minimum atomic E-state index is -0.973. The van der Waals surface area contributed by atoms with E-state index in [1.165, 1.54) is 0 Å². The average Bonchev–Trinajstić information content (AvgIpc) is 2.48. The van der Waals surface area contributed by atoms with Gasteiger partial charge in [0.2, 0.25) is 0 Å². The van der Waals surface area contributed by atoms with Gasteiger partial charge < -0.3 is 10.8 Å². The summed E-state index contributed by atoms with van der Waals surface area (Å²) in [5.74, 6) is 0.573. The SMILES string of the molecule is CCC(CC)N(CC(C)C)CC(O)(CN)c1ccccc1. The Morgan fingerprint density at radius 3 is 2.14 bits per heavy atom. The van der Waals surface area contributed by atoms with Crippen LogP contribution in [0, 0.1) is 5.92 Å². The molecule has 0 aliphatic carbocycles. The summed E-state index contributed by atoms with van der Waals surface area (Å²) in [4.78, 5) is 2.41. The van der Waals surface area contributed by atoms with E-state index in [-0.39, 0.29) is 6.54 Å². The smallest absolute Gasteiger partial charge is 0.114 e. The molecule has 1 unspecified atom stereocenters. The van der Waals surface area contributed by atoms with Crippen molar-refractivity contribution in [3.05, 3.63) is 35.9 Å². The molecule has 0 saturated heterocycles. The van der Waals surface area contributed by atoms with Gasteiger partial charge >= 0.3 is 0 Å². The molecule has 3 nitrogen and oxygen atoms in total. The van der Waals surface area contributed by atoms with Crippen molar-refractivity contribution in [3.63, 3.8) is 0 Å². The maximum atomic E-state index is 11.0. The van der Waals surface area contributed by atoms with Gasteiger partial charge in [-0.3, -0.25) is 4.90 Å². The van der Waals surface area contributed by atoms with E-state index in [9.17, 15) is 5.11 Å². The van der Waals surface area contributed by atoms with Crippen LogP contribution in [0.1, 0.15) is 46.1 Å². The fourth-order valence-electron chi connectivity index (χ4n) is 2.97. The summed E-state index contributed by atoms with van der Waals surface area (Å²) < 4.78 is 0. The molecular weight excluding hydrogens is 260 g/mol. The van der Waals surface area contributed by atoms with Gasteiger partial charge in [0, 0.05) is 25.7 Å². The van der Waals surface area contributed by atoms with Gasteiger partial charge in [0.1, 0.15) is 5.60 Å². The second-order valence-corrected chi connectivity index (χ2v) is 6.40. The molecular formula is C18H32N2O. The minimum Gasteiger partial charge on any atom is -0.382 e. The van der Waals surface area contributed by atoms with Crippen molar-refractivity contribution in [1.82, 2.24) is 4.90 Å². The molecule has 0 saturated carbocycles. The van der Waals surface area contributed by atoms with Gasteiger partial charge in [0.25, 0.3) is 0 Å². The normalized spacial score (nSPS) is 14.9. The van der Waals surface area contributed by atoms with E-state index in [0.717, 1.165) is 24.9 Å². The first-order chi connectivity index (χ1) is 9.96. The third-order valence-electron chi connectivity index (χ3n) is 4.17. The topological polar surface area (TPSA) is 49.5 Å². The lowest BCUT2D eigenvalue weighted by atomic mass is 9.91. The van der Waals surface area contributed by atoms with E-state index in [0.29, 0.717) is 18.5 Å². The zero-order valence-corrected chi connectivity index (χ0v) is 14.0. The zero-order chi connectivity index (χ0) is 15.9. The minimum absolute atomic E-state index is 0.242. The number of hydrogen-bond acceptors (Lipinski definition) is 3. The van der Waals surface area contributed by atoms with Crippen LogP contribution in [0.2, 0.25) is 0 Å². The molecule has 120 valence electrons. The van der Waals surface area contributed by atoms with Crippen molar-refractivity contribution in [2.75, 3.05) is 19.6 Å². The van der Waals surface area contributed by atoms with E-state index in [2.05, 4.69) is 32.6 Å². The lowest BCUT2D eigenvalue weighted by Crippen LogP contribution is -2.50. The van der Waals surface area contributed by atoms with Gasteiger partial charge in [0.05, 0.1) is 0 Å². The molecule has 0 aliphatic heterocycles. The Kier molecular flexibility index (Phi) is 7.36. The summed E-state index contributed by atoms with van der Waals surface area (Å²) >= 11 is 0. The van der Waals surface area contributed by atoms with Crippen LogP contribution >= 0.6 is 0 Å². The summed E-state index contributed by atoms with van der Waals surface area (Å²) in [7, 11) is 0. The van der Waals surface area contributed by atoms with Crippen LogP contribution in [0.5, 0.6) is 0 Å². The largest absolute Gasteiger partial charge is 0.382 e. The molecule has 0 heterocycles. The Morgan fingerprint density at radius 2 is 1.71 bits per heavy atom. The molecule has 3 N–H and O–H groups in total. The van der Waals surface area contributed by atoms with Crippen molar-refractivity contribution in [1.29, 1.82) is 0 Å². The predicted octanol–water partition coefficient (Wildman–Crippen LogP) is 2.98. The van der Waals surface area contributed by atoms with E-state index >= 15 is 0 Å². The summed E-state index contributed by atoms with van der Waals surface area (Å²) in [5.41, 5.74) is 5.86. The van der Waals surface area contributed by atoms with Gasteiger partial charge in [-0.1, -0.05) is 58.0 Å². The van der Waals surface area contributed by atoms with E-state index in [1.807, 2.05) is 30.3 Å². The fourth-order valence-corrected chi connectivity index (χ4v) is 2.97. The van der Waals surface area contributed by atoms with Crippen LogP contribution in [0.3, 0.4) is 0 Å². The molecule has 1 aromatic carbocycles. The van der Waals surface area contributed by atoms with Crippen LogP contribution in [-0.4, -0.2) is 35.7 Å². The highest BCUT2D eigenvalue weighted by molar-refractivity contribution is 5.23. The van der Waals surface area contributed by atoms with Crippen molar-refractivity contribution >= 4 is 0 Å². The van der Waals surface area contributed by atoms with Gasteiger partial charge in [-0.05, 0) is 24.3 Å². The monoisotopic (exact) mass is 292 g/mol. The van der Waals surface area contributed by atoms with Gasteiger partial charge in [-0.15, -0.1) is 0 Å². The predicted molar refractivity (Wildman–Crippen MR) is 90.2 cm³/mol. The quantitative estimate of drug-likeness (QED) is 0.735. The standard InChI is InChI=1S/C18H32N2O/c1-5-17(6-2)20(12-15(3)4)14-18(21,13-19)16-10-8-7-9-11-16/h7-11,15,17,21H,5-6,12-14,19H2,1-4H3. The molecule has 1 rings (SSSR count). The summed E-state index contributed by atoms with van der Waals surface area (Å²) in [6, 6.07) is 10.3. The van der Waals surface area contributed by atoms with Crippen molar-refractivity contribution in [2.24, 2.45) is 11.7 Å². The van der Waals surface area contributed by atoms with Gasteiger partial charge in [0.15, 0.2) is 0 Å². The van der Waals surface area contributed by atoms with E-state index < -0.39 is 5.60 Å². The number of benzene rings is 1. The fraction of sp³-hybridized carbons (Fsp3) is 0.667. The van der Waals surface area contributed by atoms with Gasteiger partial charge in [-0.25, -0.2) is 0 Å². The lowest BCUT2D eigenvalue weighted by molar-refractivity contribution is -0.0112. The molecule has 0 amide bonds. The molecule has 0 radical (unpaired) electrons. The molecule has 0 aromatic heterocycles. The second-order valence-electron chi connectivity index (χ2n) is 6.40. The maximum Gasteiger partial charge on any atom is 0.114 e. The van der Waals surface area contributed by atoms with Crippen LogP contribution < -0.4 is 5.73 Å². The number of rotatable bonds is 9. The average molecular weight is 292 g/mol. The Hall–Kier alpha value is -0.900. The highest BCUT2D eigenvalue weighted by Crippen LogP contribution is 2.24. The first kappa shape index (κ1) is 18.1. The number of nitrogens with two attached hydrogens (primary N) is 1. The summed E-state index contributed by atoms with van der Waals surface area (Å²) in [6.45, 7) is 10.7. The third kappa shape index (κ3) is 5.10. The Balaban J connectivity index is 2.97. The molecule has 1 aromatic rings. The third-order valence-corrected chi connectivity index (χ3v) is 4.17. The second kappa shape index (κ2) is 8.52. The highest BCUT2D eigenvalue weighted by Gasteiger charge is 2.32. The molecule has 0 fully saturated rings. The van der Waals surface area contributed by atoms with Gasteiger partial charge in [-0.2, -0.15) is 0 Å². The van der Waals surface area contributed by atoms with Crippen LogP contribution in [-0.2, 0) is 5.60 Å².